The minimum atomic E-state index is 0.0578. The number of hydrogen-bond acceptors (Lipinski definition) is 2. The Morgan fingerprint density at radius 1 is 0.913 bits per heavy atom. The maximum absolute atomic E-state index is 5.94. The van der Waals surface area contributed by atoms with Gasteiger partial charge in [0.1, 0.15) is 5.75 Å². The zero-order valence-corrected chi connectivity index (χ0v) is 16.7. The number of hydrogen-bond donors (Lipinski definition) is 1. The zero-order valence-electron chi connectivity index (χ0n) is 16.7. The van der Waals surface area contributed by atoms with Gasteiger partial charge in [0.15, 0.2) is 0 Å². The van der Waals surface area contributed by atoms with Gasteiger partial charge in [-0.1, -0.05) is 60.6 Å². The van der Waals surface area contributed by atoms with Crippen molar-refractivity contribution in [3.8, 4) is 5.75 Å². The third kappa shape index (κ3) is 5.24. The molecule has 1 aromatic carbocycles. The maximum atomic E-state index is 5.94. The molecule has 0 saturated carbocycles. The molecule has 2 N–H and O–H groups in total. The Labute approximate surface area is 143 Å². The lowest BCUT2D eigenvalue weighted by Gasteiger charge is -2.31. The summed E-state index contributed by atoms with van der Waals surface area (Å²) in [5, 5.41) is 0. The highest BCUT2D eigenvalue weighted by molar-refractivity contribution is 5.51. The normalized spacial score (nSPS) is 15.4. The van der Waals surface area contributed by atoms with E-state index in [-0.39, 0.29) is 16.9 Å². The average molecular weight is 320 g/mol. The van der Waals surface area contributed by atoms with E-state index in [1.54, 1.807) is 7.11 Å². The molecule has 1 aromatic rings. The van der Waals surface area contributed by atoms with Crippen molar-refractivity contribution < 1.29 is 4.74 Å². The Bertz CT molecular complexity index is 483. The van der Waals surface area contributed by atoms with Crippen LogP contribution in [0.3, 0.4) is 0 Å². The van der Waals surface area contributed by atoms with E-state index >= 15 is 0 Å². The van der Waals surface area contributed by atoms with Crippen molar-refractivity contribution in [3.05, 3.63) is 28.8 Å². The van der Waals surface area contributed by atoms with E-state index in [4.69, 9.17) is 10.5 Å². The number of rotatable bonds is 5. The predicted octanol–water partition coefficient (Wildman–Crippen LogP) is 5.52. The van der Waals surface area contributed by atoms with Crippen LogP contribution in [0.1, 0.15) is 90.8 Å². The third-order valence-electron chi connectivity index (χ3n) is 4.56. The van der Waals surface area contributed by atoms with Gasteiger partial charge in [0.05, 0.1) is 7.11 Å². The molecule has 0 heterocycles. The fourth-order valence-corrected chi connectivity index (χ4v) is 2.95. The lowest BCUT2D eigenvalue weighted by molar-refractivity contribution is 0.380. The highest BCUT2D eigenvalue weighted by atomic mass is 16.5. The predicted molar refractivity (Wildman–Crippen MR) is 102 cm³/mol. The highest BCUT2D eigenvalue weighted by Gasteiger charge is 2.28. The average Bonchev–Trinajstić information content (AvgIpc) is 2.41. The molecule has 1 rings (SSSR count). The summed E-state index contributed by atoms with van der Waals surface area (Å²) in [5.41, 5.74) is 10.1. The molecule has 2 heteroatoms. The van der Waals surface area contributed by atoms with E-state index in [1.165, 1.54) is 16.7 Å². The third-order valence-corrected chi connectivity index (χ3v) is 4.56. The van der Waals surface area contributed by atoms with E-state index in [1.807, 2.05) is 0 Å². The van der Waals surface area contributed by atoms with E-state index in [2.05, 4.69) is 67.5 Å². The van der Waals surface area contributed by atoms with Gasteiger partial charge in [0.2, 0.25) is 0 Å². The molecule has 0 amide bonds. The van der Waals surface area contributed by atoms with Crippen LogP contribution in [0, 0.1) is 0 Å². The van der Waals surface area contributed by atoms with Crippen molar-refractivity contribution in [3.63, 3.8) is 0 Å². The van der Waals surface area contributed by atoms with Crippen molar-refractivity contribution in [2.24, 2.45) is 5.73 Å². The van der Waals surface area contributed by atoms with Crippen LogP contribution in [0.2, 0.25) is 0 Å². The summed E-state index contributed by atoms with van der Waals surface area (Å²) >= 11 is 0. The largest absolute Gasteiger partial charge is 0.496 e. The van der Waals surface area contributed by atoms with Crippen LogP contribution in [0.4, 0.5) is 0 Å². The topological polar surface area (TPSA) is 35.2 Å². The SMILES string of the molecule is COc1c(C(C)(C)C)cc(C(C)CCC(C)N)cc1C(C)(C)C. The van der Waals surface area contributed by atoms with Crippen LogP contribution >= 0.6 is 0 Å². The summed E-state index contributed by atoms with van der Waals surface area (Å²) in [4.78, 5) is 0. The van der Waals surface area contributed by atoms with Gasteiger partial charge in [-0.05, 0) is 42.1 Å². The van der Waals surface area contributed by atoms with Gasteiger partial charge in [0, 0.05) is 17.2 Å². The second-order valence-corrected chi connectivity index (χ2v) is 9.10. The second-order valence-electron chi connectivity index (χ2n) is 9.10. The first-order valence-electron chi connectivity index (χ1n) is 8.86. The molecule has 0 aliphatic heterocycles. The Hall–Kier alpha value is -1.02. The van der Waals surface area contributed by atoms with Crippen molar-refractivity contribution in [2.45, 2.75) is 91.0 Å². The molecular weight excluding hydrogens is 282 g/mol. The molecule has 2 nitrogen and oxygen atoms in total. The summed E-state index contributed by atoms with van der Waals surface area (Å²) in [6.45, 7) is 17.9. The summed E-state index contributed by atoms with van der Waals surface area (Å²) in [7, 11) is 1.79. The van der Waals surface area contributed by atoms with Gasteiger partial charge in [-0.15, -0.1) is 0 Å². The first-order valence-corrected chi connectivity index (χ1v) is 8.86. The van der Waals surface area contributed by atoms with Gasteiger partial charge >= 0.3 is 0 Å². The Balaban J connectivity index is 3.44. The molecule has 0 aliphatic carbocycles. The standard InChI is InChI=1S/C21H37NO/c1-14(10-11-15(2)22)16-12-17(20(3,4)5)19(23-9)18(13-16)21(6,7)8/h12-15H,10-11,22H2,1-9H3. The van der Waals surface area contributed by atoms with Gasteiger partial charge in [-0.2, -0.15) is 0 Å². The highest BCUT2D eigenvalue weighted by Crippen LogP contribution is 2.42. The summed E-state index contributed by atoms with van der Waals surface area (Å²) < 4.78 is 5.84. The summed E-state index contributed by atoms with van der Waals surface area (Å²) in [5.74, 6) is 1.56. The van der Waals surface area contributed by atoms with Crippen molar-refractivity contribution >= 4 is 0 Å². The van der Waals surface area contributed by atoms with E-state index < -0.39 is 0 Å². The van der Waals surface area contributed by atoms with Crippen molar-refractivity contribution in [2.75, 3.05) is 7.11 Å². The number of benzene rings is 1. The number of nitrogens with two attached hydrogens (primary N) is 1. The van der Waals surface area contributed by atoms with Crippen molar-refractivity contribution in [1.82, 2.24) is 0 Å². The smallest absolute Gasteiger partial charge is 0.126 e. The van der Waals surface area contributed by atoms with Gasteiger partial charge in [-0.3, -0.25) is 0 Å². The molecule has 0 bridgehead atoms. The summed E-state index contributed by atoms with van der Waals surface area (Å²) in [6, 6.07) is 4.96. The number of ether oxygens (including phenoxy) is 1. The number of methoxy groups -OCH3 is 1. The Morgan fingerprint density at radius 3 is 1.65 bits per heavy atom. The fraction of sp³-hybridized carbons (Fsp3) is 0.714. The second kappa shape index (κ2) is 7.25. The quantitative estimate of drug-likeness (QED) is 0.775. The fourth-order valence-electron chi connectivity index (χ4n) is 2.95. The minimum Gasteiger partial charge on any atom is -0.496 e. The molecule has 23 heavy (non-hydrogen) atoms. The van der Waals surface area contributed by atoms with Crippen molar-refractivity contribution in [1.29, 1.82) is 0 Å². The van der Waals surface area contributed by atoms with Crippen LogP contribution in [-0.2, 0) is 10.8 Å². The van der Waals surface area contributed by atoms with E-state index in [9.17, 15) is 0 Å². The first kappa shape index (κ1) is 20.0. The maximum Gasteiger partial charge on any atom is 0.126 e. The van der Waals surface area contributed by atoms with Gasteiger partial charge in [-0.25, -0.2) is 0 Å². The molecule has 0 saturated heterocycles. The lowest BCUT2D eigenvalue weighted by Crippen LogP contribution is -2.20. The monoisotopic (exact) mass is 319 g/mol. The molecule has 132 valence electrons. The molecule has 2 unspecified atom stereocenters. The van der Waals surface area contributed by atoms with Crippen LogP contribution in [0.5, 0.6) is 5.75 Å². The molecule has 2 atom stereocenters. The molecule has 0 aliphatic rings. The van der Waals surface area contributed by atoms with Crippen LogP contribution in [-0.4, -0.2) is 13.2 Å². The Morgan fingerprint density at radius 2 is 1.35 bits per heavy atom. The molecule has 0 radical (unpaired) electrons. The van der Waals surface area contributed by atoms with Gasteiger partial charge in [0.25, 0.3) is 0 Å². The molecule has 0 spiro atoms. The van der Waals surface area contributed by atoms with Gasteiger partial charge < -0.3 is 10.5 Å². The Kier molecular flexibility index (Phi) is 6.32. The van der Waals surface area contributed by atoms with Crippen LogP contribution in [0.15, 0.2) is 12.1 Å². The van der Waals surface area contributed by atoms with Crippen LogP contribution < -0.4 is 10.5 Å². The zero-order chi connectivity index (χ0) is 18.0. The van der Waals surface area contributed by atoms with E-state index in [0.717, 1.165) is 18.6 Å². The minimum absolute atomic E-state index is 0.0578. The van der Waals surface area contributed by atoms with Crippen LogP contribution in [0.25, 0.3) is 0 Å². The lowest BCUT2D eigenvalue weighted by atomic mass is 9.76. The first-order chi connectivity index (χ1) is 10.4. The summed E-state index contributed by atoms with van der Waals surface area (Å²) in [6.07, 6.45) is 2.18. The molecule has 0 aromatic heterocycles. The van der Waals surface area contributed by atoms with E-state index in [0.29, 0.717) is 5.92 Å². The molecule has 0 fully saturated rings. The molecular formula is C21H37NO.